The Bertz CT molecular complexity index is 478. The zero-order valence-electron chi connectivity index (χ0n) is 11.1. The molecule has 0 bridgehead atoms. The molecule has 1 fully saturated rings. The highest BCUT2D eigenvalue weighted by atomic mass is 35.5. The van der Waals surface area contributed by atoms with Gasteiger partial charge in [-0.3, -0.25) is 0 Å². The smallest absolute Gasteiger partial charge is 0.354 e. The van der Waals surface area contributed by atoms with E-state index in [-0.39, 0.29) is 17.1 Å². The molecule has 1 saturated carbocycles. The van der Waals surface area contributed by atoms with Crippen LogP contribution in [0.2, 0.25) is 5.02 Å². The molecule has 112 valence electrons. The van der Waals surface area contributed by atoms with Gasteiger partial charge in [0.15, 0.2) is 0 Å². The van der Waals surface area contributed by atoms with Crippen LogP contribution < -0.4 is 10.6 Å². The molecular formula is C13H17ClF3N3. The molecule has 0 radical (unpaired) electrons. The van der Waals surface area contributed by atoms with Crippen LogP contribution in [-0.4, -0.2) is 24.1 Å². The molecule has 3 nitrogen and oxygen atoms in total. The van der Waals surface area contributed by atoms with Crippen molar-refractivity contribution in [2.75, 3.05) is 11.9 Å². The van der Waals surface area contributed by atoms with E-state index < -0.39 is 11.7 Å². The Kier molecular flexibility index (Phi) is 4.44. The molecule has 0 spiro atoms. The molecule has 0 aromatic carbocycles. The van der Waals surface area contributed by atoms with Crippen LogP contribution in [0.3, 0.4) is 0 Å². The third-order valence-corrected chi connectivity index (χ3v) is 4.04. The van der Waals surface area contributed by atoms with Gasteiger partial charge in [-0.2, -0.15) is 13.2 Å². The highest BCUT2D eigenvalue weighted by molar-refractivity contribution is 6.33. The van der Waals surface area contributed by atoms with Crippen molar-refractivity contribution in [2.24, 2.45) is 5.73 Å². The lowest BCUT2D eigenvalue weighted by molar-refractivity contribution is -0.137. The zero-order chi connectivity index (χ0) is 14.9. The third kappa shape index (κ3) is 3.17. The number of alkyl halides is 3. The van der Waals surface area contributed by atoms with Gasteiger partial charge in [0.2, 0.25) is 0 Å². The second-order valence-electron chi connectivity index (χ2n) is 5.15. The summed E-state index contributed by atoms with van der Waals surface area (Å²) in [5.41, 5.74) is 5.23. The first-order valence-electron chi connectivity index (χ1n) is 6.52. The number of rotatable bonds is 2. The summed E-state index contributed by atoms with van der Waals surface area (Å²) < 4.78 is 37.8. The fourth-order valence-electron chi connectivity index (χ4n) is 2.62. The largest absolute Gasteiger partial charge is 0.417 e. The van der Waals surface area contributed by atoms with Crippen LogP contribution in [0.1, 0.15) is 31.2 Å². The fraction of sp³-hybridized carbons (Fsp3) is 0.615. The molecular weight excluding hydrogens is 291 g/mol. The molecule has 2 rings (SSSR count). The molecule has 1 heterocycles. The second kappa shape index (κ2) is 5.77. The van der Waals surface area contributed by atoms with Gasteiger partial charge < -0.3 is 10.6 Å². The number of likely N-dealkylation sites (N-methyl/N-ethyl adjacent to an activating group) is 1. The average molecular weight is 308 g/mol. The predicted octanol–water partition coefficient (Wildman–Crippen LogP) is 3.46. The summed E-state index contributed by atoms with van der Waals surface area (Å²) in [5, 5.41) is 0.0000912. The van der Waals surface area contributed by atoms with Crippen LogP contribution in [0, 0.1) is 0 Å². The minimum Gasteiger partial charge on any atom is -0.354 e. The first kappa shape index (κ1) is 15.4. The topological polar surface area (TPSA) is 42.2 Å². The molecule has 1 aromatic rings. The Morgan fingerprint density at radius 1 is 1.35 bits per heavy atom. The first-order chi connectivity index (χ1) is 9.30. The number of nitrogens with two attached hydrogens (primary N) is 1. The van der Waals surface area contributed by atoms with Gasteiger partial charge in [-0.25, -0.2) is 4.98 Å². The summed E-state index contributed by atoms with van der Waals surface area (Å²) in [6.07, 6.45) is 0.325. The van der Waals surface area contributed by atoms with Gasteiger partial charge in [-0.05, 0) is 18.9 Å². The fourth-order valence-corrected chi connectivity index (χ4v) is 2.92. The van der Waals surface area contributed by atoms with Crippen molar-refractivity contribution >= 4 is 17.4 Å². The van der Waals surface area contributed by atoms with Gasteiger partial charge in [0.05, 0.1) is 10.6 Å². The van der Waals surface area contributed by atoms with E-state index in [1.54, 1.807) is 11.9 Å². The van der Waals surface area contributed by atoms with Crippen molar-refractivity contribution in [2.45, 2.75) is 43.9 Å². The maximum atomic E-state index is 12.6. The van der Waals surface area contributed by atoms with Crippen LogP contribution >= 0.6 is 11.6 Å². The summed E-state index contributed by atoms with van der Waals surface area (Å²) in [7, 11) is 1.78. The quantitative estimate of drug-likeness (QED) is 0.910. The second-order valence-corrected chi connectivity index (χ2v) is 5.56. The Hall–Kier alpha value is -1.01. The zero-order valence-corrected chi connectivity index (χ0v) is 11.9. The van der Waals surface area contributed by atoms with Crippen molar-refractivity contribution in [1.82, 2.24) is 4.98 Å². The van der Waals surface area contributed by atoms with Crippen LogP contribution in [0.25, 0.3) is 0 Å². The maximum Gasteiger partial charge on any atom is 0.417 e. The summed E-state index contributed by atoms with van der Waals surface area (Å²) in [6.45, 7) is 0. The Morgan fingerprint density at radius 3 is 2.55 bits per heavy atom. The maximum absolute atomic E-state index is 12.6. The molecule has 1 aromatic heterocycles. The number of pyridine rings is 1. The molecule has 1 aliphatic rings. The molecule has 2 N–H and O–H groups in total. The van der Waals surface area contributed by atoms with Crippen molar-refractivity contribution in [3.05, 3.63) is 22.8 Å². The van der Waals surface area contributed by atoms with E-state index in [0.29, 0.717) is 5.82 Å². The van der Waals surface area contributed by atoms with Crippen molar-refractivity contribution < 1.29 is 13.2 Å². The lowest BCUT2D eigenvalue weighted by Crippen LogP contribution is -2.48. The van der Waals surface area contributed by atoms with Crippen LogP contribution in [0.15, 0.2) is 12.3 Å². The number of hydrogen-bond donors (Lipinski definition) is 1. The van der Waals surface area contributed by atoms with E-state index in [2.05, 4.69) is 4.98 Å². The minimum atomic E-state index is -4.44. The molecule has 1 aliphatic carbocycles. The van der Waals surface area contributed by atoms with E-state index in [9.17, 15) is 13.2 Å². The average Bonchev–Trinajstić information content (AvgIpc) is 2.37. The summed E-state index contributed by atoms with van der Waals surface area (Å²) in [6, 6.07) is 0.966. The first-order valence-corrected chi connectivity index (χ1v) is 6.89. The molecule has 2 atom stereocenters. The highest BCUT2D eigenvalue weighted by Gasteiger charge is 2.33. The molecule has 7 heteroatoms. The van der Waals surface area contributed by atoms with E-state index in [1.165, 1.54) is 0 Å². The molecule has 0 aliphatic heterocycles. The number of aromatic nitrogens is 1. The molecule has 20 heavy (non-hydrogen) atoms. The van der Waals surface area contributed by atoms with Gasteiger partial charge in [-0.1, -0.05) is 24.4 Å². The number of hydrogen-bond acceptors (Lipinski definition) is 3. The minimum absolute atomic E-state index is 0.0000912. The Morgan fingerprint density at radius 2 is 2.00 bits per heavy atom. The van der Waals surface area contributed by atoms with Crippen LogP contribution in [0.5, 0.6) is 0 Å². The lowest BCUT2D eigenvalue weighted by atomic mass is 9.90. The van der Waals surface area contributed by atoms with Crippen molar-refractivity contribution in [3.8, 4) is 0 Å². The number of halogens is 4. The monoisotopic (exact) mass is 307 g/mol. The molecule has 0 saturated heterocycles. The Balaban J connectivity index is 2.24. The van der Waals surface area contributed by atoms with Crippen LogP contribution in [-0.2, 0) is 6.18 Å². The summed E-state index contributed by atoms with van der Waals surface area (Å²) in [4.78, 5) is 5.67. The summed E-state index contributed by atoms with van der Waals surface area (Å²) >= 11 is 5.95. The van der Waals surface area contributed by atoms with Gasteiger partial charge in [-0.15, -0.1) is 0 Å². The van der Waals surface area contributed by atoms with Gasteiger partial charge in [0, 0.05) is 25.3 Å². The van der Waals surface area contributed by atoms with Crippen LogP contribution in [0.4, 0.5) is 19.0 Å². The van der Waals surface area contributed by atoms with E-state index in [1.807, 2.05) is 0 Å². The molecule has 2 unspecified atom stereocenters. The lowest BCUT2D eigenvalue weighted by Gasteiger charge is -2.37. The van der Waals surface area contributed by atoms with Crippen molar-refractivity contribution in [3.63, 3.8) is 0 Å². The van der Waals surface area contributed by atoms with E-state index in [0.717, 1.165) is 37.9 Å². The van der Waals surface area contributed by atoms with Crippen molar-refractivity contribution in [1.29, 1.82) is 0 Å². The van der Waals surface area contributed by atoms with E-state index >= 15 is 0 Å². The highest BCUT2D eigenvalue weighted by Crippen LogP contribution is 2.34. The van der Waals surface area contributed by atoms with Gasteiger partial charge >= 0.3 is 6.18 Å². The standard InChI is InChI=1S/C13H17ClF3N3/c1-20(11-5-3-2-4-10(11)18)12-9(14)6-8(7-19-12)13(15,16)17/h6-7,10-11H,2-5,18H2,1H3. The summed E-state index contributed by atoms with van der Waals surface area (Å²) in [5.74, 6) is 0.349. The number of anilines is 1. The number of nitrogens with zero attached hydrogens (tertiary/aromatic N) is 2. The Labute approximate surface area is 120 Å². The molecule has 0 amide bonds. The normalized spacial score (nSPS) is 23.7. The van der Waals surface area contributed by atoms with E-state index in [4.69, 9.17) is 17.3 Å². The third-order valence-electron chi connectivity index (χ3n) is 3.76. The SMILES string of the molecule is CN(c1ncc(C(F)(F)F)cc1Cl)C1CCCCC1N. The predicted molar refractivity (Wildman–Crippen MR) is 72.9 cm³/mol. The van der Waals surface area contributed by atoms with Gasteiger partial charge in [0.25, 0.3) is 0 Å². The van der Waals surface area contributed by atoms with Gasteiger partial charge in [0.1, 0.15) is 5.82 Å².